The van der Waals surface area contributed by atoms with Gasteiger partial charge in [-0.05, 0) is 30.3 Å². The van der Waals surface area contributed by atoms with Crippen LogP contribution in [-0.4, -0.2) is 0 Å². The third-order valence-corrected chi connectivity index (χ3v) is 3.40. The Balaban J connectivity index is 2.38. The summed E-state index contributed by atoms with van der Waals surface area (Å²) in [6.07, 6.45) is 0. The lowest BCUT2D eigenvalue weighted by atomic mass is 10.2. The van der Waals surface area contributed by atoms with Crippen molar-refractivity contribution in [2.45, 2.75) is 0 Å². The Kier molecular flexibility index (Phi) is 3.82. The number of benzene rings is 2. The fourth-order valence-corrected chi connectivity index (χ4v) is 2.08. The molecule has 0 unspecified atom stereocenters. The maximum Gasteiger partial charge on any atom is 0.0742 e. The van der Waals surface area contributed by atoms with E-state index in [1.807, 2.05) is 24.3 Å². The summed E-state index contributed by atoms with van der Waals surface area (Å²) in [7, 11) is 0. The molecular formula is C12H9BrCl2N2. The number of hydrogen-bond acceptors (Lipinski definition) is 2. The van der Waals surface area contributed by atoms with Gasteiger partial charge in [0, 0.05) is 4.47 Å². The number of rotatable bonds is 2. The van der Waals surface area contributed by atoms with E-state index in [4.69, 9.17) is 28.9 Å². The van der Waals surface area contributed by atoms with Gasteiger partial charge in [0.15, 0.2) is 0 Å². The normalized spacial score (nSPS) is 10.3. The van der Waals surface area contributed by atoms with E-state index < -0.39 is 0 Å². The molecular weight excluding hydrogens is 323 g/mol. The first-order valence-electron chi connectivity index (χ1n) is 4.84. The minimum Gasteiger partial charge on any atom is -0.396 e. The standard InChI is InChI=1S/C12H9BrCl2N2/c13-7-4-5-8(14)11(6-7)17-10-3-1-2-9(15)12(10)16/h1-6,17H,16H2. The largest absolute Gasteiger partial charge is 0.396 e. The molecule has 2 aromatic carbocycles. The zero-order chi connectivity index (χ0) is 12.4. The van der Waals surface area contributed by atoms with Crippen molar-refractivity contribution in [3.05, 3.63) is 50.9 Å². The molecule has 2 nitrogen and oxygen atoms in total. The summed E-state index contributed by atoms with van der Waals surface area (Å²) >= 11 is 15.4. The van der Waals surface area contributed by atoms with Crippen molar-refractivity contribution >= 4 is 56.2 Å². The van der Waals surface area contributed by atoms with Gasteiger partial charge < -0.3 is 11.1 Å². The van der Waals surface area contributed by atoms with Gasteiger partial charge in [-0.1, -0.05) is 45.2 Å². The lowest BCUT2D eigenvalue weighted by Crippen LogP contribution is -1.97. The van der Waals surface area contributed by atoms with E-state index in [1.165, 1.54) is 0 Å². The molecule has 0 aliphatic heterocycles. The number of hydrogen-bond donors (Lipinski definition) is 2. The topological polar surface area (TPSA) is 38.0 Å². The molecule has 0 aliphatic carbocycles. The first-order valence-corrected chi connectivity index (χ1v) is 6.39. The third-order valence-electron chi connectivity index (χ3n) is 2.25. The molecule has 0 spiro atoms. The van der Waals surface area contributed by atoms with E-state index in [2.05, 4.69) is 21.2 Å². The summed E-state index contributed by atoms with van der Waals surface area (Å²) in [4.78, 5) is 0. The molecule has 0 atom stereocenters. The molecule has 0 amide bonds. The molecule has 0 aromatic heterocycles. The van der Waals surface area contributed by atoms with Gasteiger partial charge in [0.1, 0.15) is 0 Å². The van der Waals surface area contributed by atoms with Gasteiger partial charge in [0.05, 0.1) is 27.1 Å². The molecule has 3 N–H and O–H groups in total. The number of nitrogen functional groups attached to an aromatic ring is 1. The van der Waals surface area contributed by atoms with Gasteiger partial charge in [-0.3, -0.25) is 0 Å². The number of nitrogens with one attached hydrogen (secondary N) is 1. The van der Waals surface area contributed by atoms with E-state index >= 15 is 0 Å². The van der Waals surface area contributed by atoms with Crippen LogP contribution in [0.25, 0.3) is 0 Å². The van der Waals surface area contributed by atoms with Crippen LogP contribution in [0, 0.1) is 0 Å². The molecule has 2 rings (SSSR count). The predicted molar refractivity (Wildman–Crippen MR) is 78.3 cm³/mol. The molecule has 0 heterocycles. The minimum absolute atomic E-state index is 0.505. The molecule has 88 valence electrons. The Labute approximate surface area is 118 Å². The van der Waals surface area contributed by atoms with Crippen molar-refractivity contribution in [3.8, 4) is 0 Å². The molecule has 0 saturated heterocycles. The Morgan fingerprint density at radius 1 is 1.00 bits per heavy atom. The average molecular weight is 332 g/mol. The van der Waals surface area contributed by atoms with Crippen molar-refractivity contribution in [2.24, 2.45) is 0 Å². The first-order chi connectivity index (χ1) is 8.08. The minimum atomic E-state index is 0.505. The molecule has 0 bridgehead atoms. The molecule has 5 heteroatoms. The van der Waals surface area contributed by atoms with Crippen LogP contribution in [0.3, 0.4) is 0 Å². The Morgan fingerprint density at radius 2 is 1.76 bits per heavy atom. The summed E-state index contributed by atoms with van der Waals surface area (Å²) in [5.41, 5.74) is 7.88. The fourth-order valence-electron chi connectivity index (χ4n) is 1.38. The van der Waals surface area contributed by atoms with Gasteiger partial charge in [-0.15, -0.1) is 0 Å². The molecule has 0 aliphatic rings. The van der Waals surface area contributed by atoms with E-state index in [9.17, 15) is 0 Å². The third kappa shape index (κ3) is 2.86. The number of anilines is 3. The maximum atomic E-state index is 6.08. The van der Waals surface area contributed by atoms with Crippen molar-refractivity contribution in [1.29, 1.82) is 0 Å². The highest BCUT2D eigenvalue weighted by Crippen LogP contribution is 2.33. The van der Waals surface area contributed by atoms with Crippen LogP contribution in [0.5, 0.6) is 0 Å². The van der Waals surface area contributed by atoms with Gasteiger partial charge >= 0.3 is 0 Å². The van der Waals surface area contributed by atoms with E-state index in [0.29, 0.717) is 15.7 Å². The highest BCUT2D eigenvalue weighted by Gasteiger charge is 2.06. The fraction of sp³-hybridized carbons (Fsp3) is 0. The molecule has 0 radical (unpaired) electrons. The number of halogens is 3. The van der Waals surface area contributed by atoms with E-state index in [1.54, 1.807) is 12.1 Å². The Bertz CT molecular complexity index is 558. The second kappa shape index (κ2) is 5.17. The van der Waals surface area contributed by atoms with E-state index in [0.717, 1.165) is 15.8 Å². The maximum absolute atomic E-state index is 6.08. The highest BCUT2D eigenvalue weighted by molar-refractivity contribution is 9.10. The van der Waals surface area contributed by atoms with Crippen molar-refractivity contribution in [3.63, 3.8) is 0 Å². The summed E-state index contributed by atoms with van der Waals surface area (Å²) in [6.45, 7) is 0. The molecule has 2 aromatic rings. The zero-order valence-electron chi connectivity index (χ0n) is 8.68. The van der Waals surface area contributed by atoms with Gasteiger partial charge in [0.2, 0.25) is 0 Å². The van der Waals surface area contributed by atoms with Crippen LogP contribution < -0.4 is 11.1 Å². The Morgan fingerprint density at radius 3 is 2.53 bits per heavy atom. The molecule has 0 fully saturated rings. The first kappa shape index (κ1) is 12.6. The molecule has 0 saturated carbocycles. The SMILES string of the molecule is Nc1c(Cl)cccc1Nc1cc(Br)ccc1Cl. The lowest BCUT2D eigenvalue weighted by Gasteiger charge is -2.12. The number of nitrogens with two attached hydrogens (primary N) is 1. The summed E-state index contributed by atoms with van der Waals surface area (Å²) in [5.74, 6) is 0. The lowest BCUT2D eigenvalue weighted by molar-refractivity contribution is 1.53. The summed E-state index contributed by atoms with van der Waals surface area (Å²) in [6, 6.07) is 11.0. The van der Waals surface area contributed by atoms with Crippen LogP contribution >= 0.6 is 39.1 Å². The van der Waals surface area contributed by atoms with Crippen molar-refractivity contribution in [2.75, 3.05) is 11.1 Å². The molecule has 17 heavy (non-hydrogen) atoms. The van der Waals surface area contributed by atoms with Crippen LogP contribution in [0.1, 0.15) is 0 Å². The van der Waals surface area contributed by atoms with Crippen LogP contribution in [0.15, 0.2) is 40.9 Å². The second-order valence-electron chi connectivity index (χ2n) is 3.45. The highest BCUT2D eigenvalue weighted by atomic mass is 79.9. The van der Waals surface area contributed by atoms with Crippen LogP contribution in [0.4, 0.5) is 17.1 Å². The van der Waals surface area contributed by atoms with Gasteiger partial charge in [0.25, 0.3) is 0 Å². The van der Waals surface area contributed by atoms with Gasteiger partial charge in [-0.2, -0.15) is 0 Å². The van der Waals surface area contributed by atoms with Crippen LogP contribution in [-0.2, 0) is 0 Å². The quantitative estimate of drug-likeness (QED) is 0.753. The predicted octanol–water partition coefficient (Wildman–Crippen LogP) is 5.08. The van der Waals surface area contributed by atoms with E-state index in [-0.39, 0.29) is 0 Å². The smallest absolute Gasteiger partial charge is 0.0742 e. The summed E-state index contributed by atoms with van der Waals surface area (Å²) < 4.78 is 0.935. The van der Waals surface area contributed by atoms with Crippen molar-refractivity contribution in [1.82, 2.24) is 0 Å². The average Bonchev–Trinajstić information content (AvgIpc) is 2.30. The Hall–Kier alpha value is -0.900. The van der Waals surface area contributed by atoms with Crippen molar-refractivity contribution < 1.29 is 0 Å². The second-order valence-corrected chi connectivity index (χ2v) is 5.18. The summed E-state index contributed by atoms with van der Waals surface area (Å²) in [5, 5.41) is 4.28. The number of para-hydroxylation sites is 1. The monoisotopic (exact) mass is 330 g/mol. The van der Waals surface area contributed by atoms with Crippen LogP contribution in [0.2, 0.25) is 10.0 Å². The van der Waals surface area contributed by atoms with Gasteiger partial charge in [-0.25, -0.2) is 0 Å². The zero-order valence-corrected chi connectivity index (χ0v) is 11.8.